The molecule has 1 aliphatic carbocycles. The number of rotatable bonds is 6. The number of hydrogen-bond donors (Lipinski definition) is 1. The van der Waals surface area contributed by atoms with Gasteiger partial charge in [-0.15, -0.1) is 0 Å². The van der Waals surface area contributed by atoms with Gasteiger partial charge in [-0.2, -0.15) is 0 Å². The fraction of sp³-hybridized carbons (Fsp3) is 0.929. The van der Waals surface area contributed by atoms with Crippen LogP contribution in [0, 0.1) is 5.92 Å². The standard InChI is InChI=1S/C14H26N2O2/c1-4-16(5-2)14(17)10(3)15-12-8-9-18-13(12)11-6-7-11/h10-13,15H,4-9H2,1-3H3. The molecule has 0 aromatic rings. The van der Waals surface area contributed by atoms with Crippen LogP contribution in [0.15, 0.2) is 0 Å². The Balaban J connectivity index is 1.85. The fourth-order valence-corrected chi connectivity index (χ4v) is 2.88. The maximum absolute atomic E-state index is 12.2. The summed E-state index contributed by atoms with van der Waals surface area (Å²) in [6.07, 6.45) is 3.97. The van der Waals surface area contributed by atoms with E-state index in [1.165, 1.54) is 12.8 Å². The predicted octanol–water partition coefficient (Wildman–Crippen LogP) is 1.40. The Labute approximate surface area is 110 Å². The van der Waals surface area contributed by atoms with Gasteiger partial charge < -0.3 is 15.0 Å². The highest BCUT2D eigenvalue weighted by atomic mass is 16.5. The molecule has 1 N–H and O–H groups in total. The summed E-state index contributed by atoms with van der Waals surface area (Å²) in [5, 5.41) is 3.48. The van der Waals surface area contributed by atoms with Crippen molar-refractivity contribution < 1.29 is 9.53 Å². The molecule has 2 fully saturated rings. The molecule has 4 nitrogen and oxygen atoms in total. The Morgan fingerprint density at radius 2 is 2.00 bits per heavy atom. The Morgan fingerprint density at radius 3 is 2.56 bits per heavy atom. The molecule has 1 saturated carbocycles. The zero-order chi connectivity index (χ0) is 13.1. The minimum absolute atomic E-state index is 0.0992. The quantitative estimate of drug-likeness (QED) is 0.779. The summed E-state index contributed by atoms with van der Waals surface area (Å²) in [6, 6.07) is 0.268. The molecular weight excluding hydrogens is 228 g/mol. The van der Waals surface area contributed by atoms with Gasteiger partial charge in [-0.1, -0.05) is 0 Å². The van der Waals surface area contributed by atoms with E-state index in [4.69, 9.17) is 4.74 Å². The molecule has 1 aliphatic heterocycles. The van der Waals surface area contributed by atoms with Crippen LogP contribution in [0.3, 0.4) is 0 Å². The summed E-state index contributed by atoms with van der Waals surface area (Å²) in [4.78, 5) is 14.1. The molecule has 1 amide bonds. The first-order chi connectivity index (χ1) is 8.67. The molecule has 2 rings (SSSR count). The van der Waals surface area contributed by atoms with Gasteiger partial charge in [-0.25, -0.2) is 0 Å². The van der Waals surface area contributed by atoms with Crippen LogP contribution in [0.1, 0.15) is 40.0 Å². The molecule has 0 aromatic heterocycles. The maximum atomic E-state index is 12.2. The fourth-order valence-electron chi connectivity index (χ4n) is 2.88. The summed E-state index contributed by atoms with van der Waals surface area (Å²) in [5.41, 5.74) is 0. The normalized spacial score (nSPS) is 29.3. The second-order valence-corrected chi connectivity index (χ2v) is 5.47. The van der Waals surface area contributed by atoms with Crippen LogP contribution in [0.2, 0.25) is 0 Å². The zero-order valence-electron chi connectivity index (χ0n) is 11.8. The first-order valence-corrected chi connectivity index (χ1v) is 7.33. The van der Waals surface area contributed by atoms with Crippen molar-refractivity contribution in [3.63, 3.8) is 0 Å². The smallest absolute Gasteiger partial charge is 0.239 e. The van der Waals surface area contributed by atoms with Crippen molar-refractivity contribution in [1.82, 2.24) is 10.2 Å². The zero-order valence-corrected chi connectivity index (χ0v) is 11.8. The monoisotopic (exact) mass is 254 g/mol. The second-order valence-electron chi connectivity index (χ2n) is 5.47. The first-order valence-electron chi connectivity index (χ1n) is 7.33. The van der Waals surface area contributed by atoms with Crippen LogP contribution in [0.25, 0.3) is 0 Å². The molecule has 104 valence electrons. The largest absolute Gasteiger partial charge is 0.376 e. The summed E-state index contributed by atoms with van der Waals surface area (Å²) in [5.74, 6) is 0.946. The van der Waals surface area contributed by atoms with E-state index in [0.29, 0.717) is 12.1 Å². The van der Waals surface area contributed by atoms with Gasteiger partial charge in [0.05, 0.1) is 12.1 Å². The summed E-state index contributed by atoms with van der Waals surface area (Å²) >= 11 is 0. The molecule has 2 aliphatic rings. The van der Waals surface area contributed by atoms with Crippen molar-refractivity contribution in [2.24, 2.45) is 5.92 Å². The summed E-state index contributed by atoms with van der Waals surface area (Å²) in [6.45, 7) is 8.44. The van der Waals surface area contributed by atoms with Crippen molar-refractivity contribution in [3.8, 4) is 0 Å². The van der Waals surface area contributed by atoms with Gasteiger partial charge in [0.1, 0.15) is 0 Å². The molecule has 1 saturated heterocycles. The van der Waals surface area contributed by atoms with E-state index >= 15 is 0 Å². The summed E-state index contributed by atoms with van der Waals surface area (Å²) in [7, 11) is 0. The highest BCUT2D eigenvalue weighted by Crippen LogP contribution is 2.38. The van der Waals surface area contributed by atoms with Crippen LogP contribution in [-0.4, -0.2) is 48.7 Å². The van der Waals surface area contributed by atoms with E-state index < -0.39 is 0 Å². The lowest BCUT2D eigenvalue weighted by Gasteiger charge is -2.27. The van der Waals surface area contributed by atoms with Crippen molar-refractivity contribution in [3.05, 3.63) is 0 Å². The Hall–Kier alpha value is -0.610. The molecule has 0 aromatic carbocycles. The lowest BCUT2D eigenvalue weighted by atomic mass is 10.1. The lowest BCUT2D eigenvalue weighted by molar-refractivity contribution is -0.133. The van der Waals surface area contributed by atoms with Crippen LogP contribution in [-0.2, 0) is 9.53 Å². The van der Waals surface area contributed by atoms with Crippen LogP contribution in [0.5, 0.6) is 0 Å². The number of nitrogens with zero attached hydrogens (tertiary/aromatic N) is 1. The van der Waals surface area contributed by atoms with Crippen molar-refractivity contribution in [2.45, 2.75) is 58.2 Å². The molecule has 0 spiro atoms. The van der Waals surface area contributed by atoms with Crippen LogP contribution < -0.4 is 5.32 Å². The Kier molecular flexibility index (Phi) is 4.62. The van der Waals surface area contributed by atoms with Gasteiger partial charge in [-0.05, 0) is 46.0 Å². The highest BCUT2D eigenvalue weighted by Gasteiger charge is 2.41. The molecule has 3 unspecified atom stereocenters. The average molecular weight is 254 g/mol. The minimum atomic E-state index is -0.0992. The molecule has 0 bridgehead atoms. The highest BCUT2D eigenvalue weighted by molar-refractivity contribution is 5.81. The van der Waals surface area contributed by atoms with Gasteiger partial charge in [0.25, 0.3) is 0 Å². The van der Waals surface area contributed by atoms with Crippen molar-refractivity contribution >= 4 is 5.91 Å². The van der Waals surface area contributed by atoms with Gasteiger partial charge >= 0.3 is 0 Å². The van der Waals surface area contributed by atoms with E-state index in [9.17, 15) is 4.79 Å². The number of carbonyl (C=O) groups is 1. The minimum Gasteiger partial charge on any atom is -0.376 e. The number of likely N-dealkylation sites (N-methyl/N-ethyl adjacent to an activating group) is 1. The van der Waals surface area contributed by atoms with Crippen LogP contribution in [0.4, 0.5) is 0 Å². The molecular formula is C14H26N2O2. The number of carbonyl (C=O) groups excluding carboxylic acids is 1. The van der Waals surface area contributed by atoms with Gasteiger partial charge in [0.15, 0.2) is 0 Å². The van der Waals surface area contributed by atoms with E-state index in [1.807, 2.05) is 25.7 Å². The third-order valence-corrected chi connectivity index (χ3v) is 4.13. The maximum Gasteiger partial charge on any atom is 0.239 e. The van der Waals surface area contributed by atoms with E-state index in [0.717, 1.165) is 32.0 Å². The third kappa shape index (κ3) is 3.04. The van der Waals surface area contributed by atoms with Crippen LogP contribution >= 0.6 is 0 Å². The number of hydrogen-bond acceptors (Lipinski definition) is 3. The first kappa shape index (κ1) is 13.8. The number of amides is 1. The molecule has 18 heavy (non-hydrogen) atoms. The Bertz CT molecular complexity index is 288. The van der Waals surface area contributed by atoms with Gasteiger partial charge in [0.2, 0.25) is 5.91 Å². The molecule has 0 radical (unpaired) electrons. The third-order valence-electron chi connectivity index (χ3n) is 4.13. The molecule has 4 heteroatoms. The van der Waals surface area contributed by atoms with E-state index in [-0.39, 0.29) is 11.9 Å². The SMILES string of the molecule is CCN(CC)C(=O)C(C)NC1CCOC1C1CC1. The molecule has 3 atom stereocenters. The van der Waals surface area contributed by atoms with Crippen molar-refractivity contribution in [2.75, 3.05) is 19.7 Å². The average Bonchev–Trinajstić information content (AvgIpc) is 3.11. The summed E-state index contributed by atoms with van der Waals surface area (Å²) < 4.78 is 5.80. The van der Waals surface area contributed by atoms with Gasteiger partial charge in [-0.3, -0.25) is 4.79 Å². The van der Waals surface area contributed by atoms with Crippen molar-refractivity contribution in [1.29, 1.82) is 0 Å². The number of ether oxygens (including phenoxy) is 1. The molecule has 1 heterocycles. The topological polar surface area (TPSA) is 41.6 Å². The number of nitrogens with one attached hydrogen (secondary N) is 1. The van der Waals surface area contributed by atoms with E-state index in [1.54, 1.807) is 0 Å². The van der Waals surface area contributed by atoms with E-state index in [2.05, 4.69) is 5.32 Å². The Morgan fingerprint density at radius 1 is 1.33 bits per heavy atom. The predicted molar refractivity (Wildman–Crippen MR) is 71.4 cm³/mol. The lowest BCUT2D eigenvalue weighted by Crippen LogP contribution is -2.50. The second kappa shape index (κ2) is 6.02. The van der Waals surface area contributed by atoms with Gasteiger partial charge in [0, 0.05) is 25.7 Å².